The Morgan fingerprint density at radius 3 is 2.55 bits per heavy atom. The quantitative estimate of drug-likeness (QED) is 0.643. The topological polar surface area (TPSA) is 61.9 Å². The van der Waals surface area contributed by atoms with Crippen molar-refractivity contribution in [2.24, 2.45) is 0 Å². The number of halogens is 1. The number of nitrogens with one attached hydrogen (secondary N) is 1. The van der Waals surface area contributed by atoms with Gasteiger partial charge in [-0.25, -0.2) is 0 Å². The Morgan fingerprint density at radius 1 is 1.06 bits per heavy atom. The fourth-order valence-electron chi connectivity index (χ4n) is 3.74. The van der Waals surface area contributed by atoms with E-state index in [1.165, 1.54) is 0 Å². The second-order valence-electron chi connectivity index (χ2n) is 7.87. The van der Waals surface area contributed by atoms with Crippen molar-refractivity contribution >= 4 is 33.4 Å². The highest BCUT2D eigenvalue weighted by Crippen LogP contribution is 2.20. The van der Waals surface area contributed by atoms with Crippen LogP contribution in [0.25, 0.3) is 0 Å². The van der Waals surface area contributed by atoms with Crippen molar-refractivity contribution in [3.05, 3.63) is 58.1 Å². The molecule has 31 heavy (non-hydrogen) atoms. The summed E-state index contributed by atoms with van der Waals surface area (Å²) in [4.78, 5) is 29.2. The molecular formula is C24H30BrN3O3. The summed E-state index contributed by atoms with van der Waals surface area (Å²) in [7, 11) is 1.65. The van der Waals surface area contributed by atoms with Crippen molar-refractivity contribution in [1.82, 2.24) is 9.80 Å². The lowest BCUT2D eigenvalue weighted by Crippen LogP contribution is -2.38. The van der Waals surface area contributed by atoms with E-state index in [2.05, 4.69) is 26.1 Å². The average Bonchev–Trinajstić information content (AvgIpc) is 3.00. The number of amides is 2. The number of aryl methyl sites for hydroxylation is 2. The van der Waals surface area contributed by atoms with E-state index in [1.54, 1.807) is 7.11 Å². The molecule has 0 unspecified atom stereocenters. The van der Waals surface area contributed by atoms with Gasteiger partial charge >= 0.3 is 0 Å². The van der Waals surface area contributed by atoms with Gasteiger partial charge in [0, 0.05) is 42.8 Å². The molecule has 0 saturated carbocycles. The van der Waals surface area contributed by atoms with Crippen LogP contribution in [0.3, 0.4) is 0 Å². The fraction of sp³-hybridized carbons (Fsp3) is 0.417. The highest BCUT2D eigenvalue weighted by Gasteiger charge is 2.20. The molecular weight excluding hydrogens is 458 g/mol. The van der Waals surface area contributed by atoms with Crippen molar-refractivity contribution in [3.63, 3.8) is 0 Å². The second kappa shape index (κ2) is 11.3. The molecule has 1 saturated heterocycles. The third-order valence-electron chi connectivity index (χ3n) is 5.56. The highest BCUT2D eigenvalue weighted by molar-refractivity contribution is 9.10. The molecule has 3 rings (SSSR count). The van der Waals surface area contributed by atoms with Gasteiger partial charge in [0.15, 0.2) is 0 Å². The van der Waals surface area contributed by atoms with Gasteiger partial charge in [-0.1, -0.05) is 28.1 Å². The molecule has 7 heteroatoms. The van der Waals surface area contributed by atoms with E-state index in [0.29, 0.717) is 26.1 Å². The highest BCUT2D eigenvalue weighted by atomic mass is 79.9. The first kappa shape index (κ1) is 23.3. The van der Waals surface area contributed by atoms with Gasteiger partial charge < -0.3 is 15.0 Å². The van der Waals surface area contributed by atoms with Gasteiger partial charge in [-0.3, -0.25) is 14.5 Å². The van der Waals surface area contributed by atoms with Crippen LogP contribution in [0.1, 0.15) is 24.0 Å². The molecule has 1 fully saturated rings. The average molecular weight is 488 g/mol. The lowest BCUT2D eigenvalue weighted by molar-refractivity contribution is -0.131. The van der Waals surface area contributed by atoms with E-state index in [4.69, 9.17) is 4.74 Å². The number of carbonyl (C=O) groups excluding carboxylic acids is 2. The van der Waals surface area contributed by atoms with Gasteiger partial charge in [-0.05, 0) is 61.2 Å². The molecule has 2 aromatic rings. The Bertz CT molecular complexity index is 901. The number of anilines is 1. The minimum atomic E-state index is -0.0234. The number of carbonyl (C=O) groups is 2. The van der Waals surface area contributed by atoms with Crippen LogP contribution >= 0.6 is 15.9 Å². The second-order valence-corrected chi connectivity index (χ2v) is 8.78. The summed E-state index contributed by atoms with van der Waals surface area (Å²) in [5.74, 6) is 0.972. The maximum absolute atomic E-state index is 12.7. The molecule has 0 atom stereocenters. The number of hydrogen-bond donors (Lipinski definition) is 1. The van der Waals surface area contributed by atoms with Crippen LogP contribution in [0.5, 0.6) is 5.75 Å². The van der Waals surface area contributed by atoms with Crippen LogP contribution in [0.2, 0.25) is 0 Å². The van der Waals surface area contributed by atoms with Gasteiger partial charge in [0.1, 0.15) is 5.75 Å². The molecule has 2 amide bonds. The van der Waals surface area contributed by atoms with Gasteiger partial charge in [-0.2, -0.15) is 0 Å². The molecule has 0 aliphatic carbocycles. The van der Waals surface area contributed by atoms with E-state index in [0.717, 1.165) is 53.0 Å². The fourth-order valence-corrected chi connectivity index (χ4v) is 4.22. The van der Waals surface area contributed by atoms with Crippen molar-refractivity contribution < 1.29 is 14.3 Å². The predicted octanol–water partition coefficient (Wildman–Crippen LogP) is 3.87. The lowest BCUT2D eigenvalue weighted by atomic mass is 10.1. The molecule has 0 aromatic heterocycles. The molecule has 1 aliphatic rings. The summed E-state index contributed by atoms with van der Waals surface area (Å²) in [6, 6.07) is 13.7. The first-order chi connectivity index (χ1) is 14.9. The van der Waals surface area contributed by atoms with Gasteiger partial charge in [-0.15, -0.1) is 0 Å². The summed E-state index contributed by atoms with van der Waals surface area (Å²) in [5, 5.41) is 2.99. The molecule has 1 N–H and O–H groups in total. The molecule has 1 aliphatic heterocycles. The summed E-state index contributed by atoms with van der Waals surface area (Å²) in [6.45, 7) is 5.23. The first-order valence-corrected chi connectivity index (χ1v) is 11.4. The molecule has 0 radical (unpaired) electrons. The van der Waals surface area contributed by atoms with Gasteiger partial charge in [0.05, 0.1) is 13.7 Å². The van der Waals surface area contributed by atoms with E-state index < -0.39 is 0 Å². The standard InChI is InChI=1S/C24H30BrN3O3/c1-18-16-20(25)7-10-22(18)26-23(29)17-27-12-3-13-28(15-14-27)24(30)11-6-19-4-8-21(31-2)9-5-19/h4-5,7-10,16H,3,6,11-15,17H2,1-2H3,(H,26,29). The number of benzene rings is 2. The number of rotatable bonds is 7. The number of hydrogen-bond acceptors (Lipinski definition) is 4. The molecule has 0 spiro atoms. The zero-order chi connectivity index (χ0) is 22.2. The van der Waals surface area contributed by atoms with Crippen molar-refractivity contribution in [2.45, 2.75) is 26.2 Å². The van der Waals surface area contributed by atoms with Crippen LogP contribution in [0.15, 0.2) is 46.9 Å². The van der Waals surface area contributed by atoms with Crippen LogP contribution in [-0.4, -0.2) is 61.4 Å². The van der Waals surface area contributed by atoms with Crippen molar-refractivity contribution in [1.29, 1.82) is 0 Å². The monoisotopic (exact) mass is 487 g/mol. The molecule has 1 heterocycles. The maximum atomic E-state index is 12.7. The third-order valence-corrected chi connectivity index (χ3v) is 6.05. The van der Waals surface area contributed by atoms with Crippen LogP contribution in [-0.2, 0) is 16.0 Å². The van der Waals surface area contributed by atoms with E-state index in [9.17, 15) is 9.59 Å². The number of nitrogens with zero attached hydrogens (tertiary/aromatic N) is 2. The summed E-state index contributed by atoms with van der Waals surface area (Å²) < 4.78 is 6.17. The third kappa shape index (κ3) is 7.08. The molecule has 2 aromatic carbocycles. The largest absolute Gasteiger partial charge is 0.497 e. The predicted molar refractivity (Wildman–Crippen MR) is 126 cm³/mol. The Labute approximate surface area is 192 Å². The summed E-state index contributed by atoms with van der Waals surface area (Å²) in [5.41, 5.74) is 2.98. The Morgan fingerprint density at radius 2 is 1.84 bits per heavy atom. The maximum Gasteiger partial charge on any atom is 0.238 e. The van der Waals surface area contributed by atoms with E-state index in [1.807, 2.05) is 54.3 Å². The van der Waals surface area contributed by atoms with Gasteiger partial charge in [0.25, 0.3) is 0 Å². The summed E-state index contributed by atoms with van der Waals surface area (Å²) in [6.07, 6.45) is 2.09. The van der Waals surface area contributed by atoms with Crippen molar-refractivity contribution in [3.8, 4) is 5.75 Å². The van der Waals surface area contributed by atoms with Gasteiger partial charge in [0.2, 0.25) is 11.8 Å². The van der Waals surface area contributed by atoms with Crippen molar-refractivity contribution in [2.75, 3.05) is 45.2 Å². The van der Waals surface area contributed by atoms with Crippen LogP contribution in [0, 0.1) is 6.92 Å². The Kier molecular flexibility index (Phi) is 8.49. The number of ether oxygens (including phenoxy) is 1. The smallest absolute Gasteiger partial charge is 0.238 e. The van der Waals surface area contributed by atoms with E-state index in [-0.39, 0.29) is 11.8 Å². The minimum Gasteiger partial charge on any atom is -0.497 e. The zero-order valence-electron chi connectivity index (χ0n) is 18.2. The van der Waals surface area contributed by atoms with Crippen LogP contribution in [0.4, 0.5) is 5.69 Å². The normalized spacial score (nSPS) is 14.7. The minimum absolute atomic E-state index is 0.0234. The lowest BCUT2D eigenvalue weighted by Gasteiger charge is -2.22. The van der Waals surface area contributed by atoms with Crippen LogP contribution < -0.4 is 10.1 Å². The van der Waals surface area contributed by atoms with E-state index >= 15 is 0 Å². The molecule has 166 valence electrons. The molecule has 6 nitrogen and oxygen atoms in total. The SMILES string of the molecule is COc1ccc(CCC(=O)N2CCCN(CC(=O)Nc3ccc(Br)cc3C)CC2)cc1. The summed E-state index contributed by atoms with van der Waals surface area (Å²) >= 11 is 3.44. The Balaban J connectivity index is 1.44. The number of methoxy groups -OCH3 is 1. The molecule has 0 bridgehead atoms. The first-order valence-electron chi connectivity index (χ1n) is 10.6. The zero-order valence-corrected chi connectivity index (χ0v) is 19.8. The Hall–Kier alpha value is -2.38.